The summed E-state index contributed by atoms with van der Waals surface area (Å²) in [7, 11) is 1.95. The van der Waals surface area contributed by atoms with E-state index >= 15 is 0 Å². The van der Waals surface area contributed by atoms with Crippen molar-refractivity contribution in [2.75, 3.05) is 0 Å². The summed E-state index contributed by atoms with van der Waals surface area (Å²) in [6, 6.07) is 0. The number of aromatic nitrogens is 4. The molecule has 0 aliphatic carbocycles. The zero-order valence-corrected chi connectivity index (χ0v) is 10.6. The van der Waals surface area contributed by atoms with E-state index in [0.29, 0.717) is 5.15 Å². The molecule has 0 aromatic carbocycles. The fraction of sp³-hybridized carbons (Fsp3) is 0.300. The van der Waals surface area contributed by atoms with Crippen molar-refractivity contribution >= 4 is 23.4 Å². The van der Waals surface area contributed by atoms with Crippen LogP contribution in [0.3, 0.4) is 0 Å². The summed E-state index contributed by atoms with van der Waals surface area (Å²) < 4.78 is 1.94. The van der Waals surface area contributed by atoms with Crippen LogP contribution in [0.25, 0.3) is 0 Å². The number of hydrogen-bond donors (Lipinski definition) is 0. The molecule has 2 rings (SSSR count). The Bertz CT molecular complexity index is 497. The van der Waals surface area contributed by atoms with Gasteiger partial charge in [-0.15, -0.1) is 0 Å². The molecule has 0 spiro atoms. The Morgan fingerprint density at radius 1 is 1.38 bits per heavy atom. The number of rotatable bonds is 3. The maximum atomic E-state index is 6.02. The number of aryl methyl sites for hydroxylation is 1. The number of halogens is 1. The number of nitrogens with zero attached hydrogens (tertiary/aromatic N) is 4. The Balaban J connectivity index is 2.35. The molecule has 0 aliphatic heterocycles. The normalized spacial score (nSPS) is 10.7. The van der Waals surface area contributed by atoms with Gasteiger partial charge in [-0.25, -0.2) is 15.0 Å². The van der Waals surface area contributed by atoms with Crippen molar-refractivity contribution in [3.63, 3.8) is 0 Å². The SMILES string of the molecule is CCc1c(Cl)ncnc1Sc1nccn1C. The molecular weight excluding hydrogens is 244 g/mol. The van der Waals surface area contributed by atoms with Crippen molar-refractivity contribution in [3.8, 4) is 0 Å². The van der Waals surface area contributed by atoms with E-state index in [4.69, 9.17) is 11.6 Å². The van der Waals surface area contributed by atoms with Crippen LogP contribution in [0.4, 0.5) is 0 Å². The van der Waals surface area contributed by atoms with Crippen molar-refractivity contribution in [1.82, 2.24) is 19.5 Å². The Morgan fingerprint density at radius 3 is 2.81 bits per heavy atom. The minimum absolute atomic E-state index is 0.522. The van der Waals surface area contributed by atoms with Gasteiger partial charge in [-0.3, -0.25) is 0 Å². The molecule has 0 amide bonds. The monoisotopic (exact) mass is 254 g/mol. The largest absolute Gasteiger partial charge is 0.329 e. The Morgan fingerprint density at radius 2 is 2.19 bits per heavy atom. The molecule has 16 heavy (non-hydrogen) atoms. The lowest BCUT2D eigenvalue weighted by Gasteiger charge is -2.06. The first-order chi connectivity index (χ1) is 7.72. The van der Waals surface area contributed by atoms with E-state index in [1.165, 1.54) is 18.1 Å². The summed E-state index contributed by atoms with van der Waals surface area (Å²) in [6.07, 6.45) is 5.95. The van der Waals surface area contributed by atoms with Gasteiger partial charge in [0.2, 0.25) is 0 Å². The van der Waals surface area contributed by atoms with Crippen molar-refractivity contribution in [2.45, 2.75) is 23.5 Å². The van der Waals surface area contributed by atoms with E-state index < -0.39 is 0 Å². The number of hydrogen-bond acceptors (Lipinski definition) is 4. The predicted molar refractivity (Wildman–Crippen MR) is 63.8 cm³/mol. The average Bonchev–Trinajstić information content (AvgIpc) is 2.65. The van der Waals surface area contributed by atoms with Crippen LogP contribution in [0, 0.1) is 0 Å². The number of imidazole rings is 1. The topological polar surface area (TPSA) is 43.6 Å². The first-order valence-electron chi connectivity index (χ1n) is 4.87. The second-order valence-electron chi connectivity index (χ2n) is 3.22. The lowest BCUT2D eigenvalue weighted by molar-refractivity contribution is 0.786. The summed E-state index contributed by atoms with van der Waals surface area (Å²) in [5.74, 6) is 0. The van der Waals surface area contributed by atoms with E-state index in [9.17, 15) is 0 Å². The Hall–Kier alpha value is -1.07. The predicted octanol–water partition coefficient (Wildman–Crippen LogP) is 2.58. The molecule has 2 heterocycles. The molecule has 0 aliphatic rings. The van der Waals surface area contributed by atoms with Gasteiger partial charge in [-0.1, -0.05) is 18.5 Å². The quantitative estimate of drug-likeness (QED) is 0.790. The van der Waals surface area contributed by atoms with Crippen LogP contribution in [0.15, 0.2) is 28.9 Å². The molecule has 0 bridgehead atoms. The molecule has 2 aromatic rings. The lowest BCUT2D eigenvalue weighted by atomic mass is 10.3. The van der Waals surface area contributed by atoms with E-state index in [-0.39, 0.29) is 0 Å². The van der Waals surface area contributed by atoms with Crippen molar-refractivity contribution in [1.29, 1.82) is 0 Å². The van der Waals surface area contributed by atoms with Gasteiger partial charge in [0.25, 0.3) is 0 Å². The molecule has 2 aromatic heterocycles. The molecule has 84 valence electrons. The third-order valence-corrected chi connectivity index (χ3v) is 3.62. The van der Waals surface area contributed by atoms with E-state index in [1.54, 1.807) is 6.20 Å². The van der Waals surface area contributed by atoms with Gasteiger partial charge >= 0.3 is 0 Å². The maximum Gasteiger partial charge on any atom is 0.174 e. The highest BCUT2D eigenvalue weighted by molar-refractivity contribution is 7.99. The minimum Gasteiger partial charge on any atom is -0.329 e. The molecule has 0 fully saturated rings. The fourth-order valence-corrected chi connectivity index (χ4v) is 2.58. The smallest absolute Gasteiger partial charge is 0.174 e. The molecule has 0 N–H and O–H groups in total. The van der Waals surface area contributed by atoms with Gasteiger partial charge in [-0.2, -0.15) is 0 Å². The molecule has 0 radical (unpaired) electrons. The van der Waals surface area contributed by atoms with Crippen LogP contribution in [-0.4, -0.2) is 19.5 Å². The average molecular weight is 255 g/mol. The summed E-state index contributed by atoms with van der Waals surface area (Å²) in [5.41, 5.74) is 0.970. The van der Waals surface area contributed by atoms with Gasteiger partial charge in [0.1, 0.15) is 16.5 Å². The highest BCUT2D eigenvalue weighted by Gasteiger charge is 2.11. The molecule has 4 nitrogen and oxygen atoms in total. The van der Waals surface area contributed by atoms with Crippen molar-refractivity contribution in [3.05, 3.63) is 29.4 Å². The molecule has 0 saturated carbocycles. The summed E-state index contributed by atoms with van der Waals surface area (Å²) in [5, 5.41) is 2.29. The third-order valence-electron chi connectivity index (χ3n) is 2.17. The van der Waals surface area contributed by atoms with Gasteiger partial charge in [0.15, 0.2) is 5.16 Å². The molecule has 0 atom stereocenters. The molecular formula is C10H11ClN4S. The van der Waals surface area contributed by atoms with Crippen molar-refractivity contribution < 1.29 is 0 Å². The van der Waals surface area contributed by atoms with Gasteiger partial charge < -0.3 is 4.57 Å². The standard InChI is InChI=1S/C10H11ClN4S/c1-3-7-8(11)13-6-14-9(7)16-10-12-4-5-15(10)2/h4-6H,3H2,1-2H3. The van der Waals surface area contributed by atoms with Gasteiger partial charge in [0.05, 0.1) is 0 Å². The summed E-state index contributed by atoms with van der Waals surface area (Å²) in [4.78, 5) is 12.5. The van der Waals surface area contributed by atoms with Crippen LogP contribution < -0.4 is 0 Å². The zero-order valence-electron chi connectivity index (χ0n) is 9.01. The first-order valence-corrected chi connectivity index (χ1v) is 6.06. The molecule has 0 unspecified atom stereocenters. The summed E-state index contributed by atoms with van der Waals surface area (Å²) in [6.45, 7) is 2.03. The van der Waals surface area contributed by atoms with Crippen LogP contribution in [0.2, 0.25) is 5.15 Å². The molecule has 6 heteroatoms. The molecule has 0 saturated heterocycles. The van der Waals surface area contributed by atoms with Crippen molar-refractivity contribution in [2.24, 2.45) is 7.05 Å². The Labute approximate surface area is 103 Å². The lowest BCUT2D eigenvalue weighted by Crippen LogP contribution is -1.96. The zero-order chi connectivity index (χ0) is 11.5. The van der Waals surface area contributed by atoms with E-state index in [1.807, 2.05) is 24.7 Å². The highest BCUT2D eigenvalue weighted by Crippen LogP contribution is 2.29. The van der Waals surface area contributed by atoms with Crippen LogP contribution in [0.5, 0.6) is 0 Å². The maximum absolute atomic E-state index is 6.02. The Kier molecular flexibility index (Phi) is 3.46. The first kappa shape index (κ1) is 11.4. The third kappa shape index (κ3) is 2.20. The van der Waals surface area contributed by atoms with Crippen LogP contribution >= 0.6 is 23.4 Å². The van der Waals surface area contributed by atoms with E-state index in [0.717, 1.165) is 22.2 Å². The van der Waals surface area contributed by atoms with E-state index in [2.05, 4.69) is 15.0 Å². The minimum atomic E-state index is 0.522. The highest BCUT2D eigenvalue weighted by atomic mass is 35.5. The second kappa shape index (κ2) is 4.84. The summed E-state index contributed by atoms with van der Waals surface area (Å²) >= 11 is 7.52. The van der Waals surface area contributed by atoms with Gasteiger partial charge in [-0.05, 0) is 18.2 Å². The van der Waals surface area contributed by atoms with Crippen LogP contribution in [-0.2, 0) is 13.5 Å². The van der Waals surface area contributed by atoms with Gasteiger partial charge in [0, 0.05) is 25.0 Å². The fourth-order valence-electron chi connectivity index (χ4n) is 1.30. The second-order valence-corrected chi connectivity index (χ2v) is 4.54. The van der Waals surface area contributed by atoms with Crippen LogP contribution in [0.1, 0.15) is 12.5 Å².